The molecule has 0 aromatic heterocycles. The topological polar surface area (TPSA) is 37.4 Å². The first-order valence-electron chi connectivity index (χ1n) is 10.7. The predicted octanol–water partition coefficient (Wildman–Crippen LogP) is 4.84. The molecule has 1 aromatic rings. The fourth-order valence-electron chi connectivity index (χ4n) is 5.45. The highest BCUT2D eigenvalue weighted by molar-refractivity contribution is 5.84. The van der Waals surface area contributed by atoms with Crippen molar-refractivity contribution < 1.29 is 9.59 Å². The monoisotopic (exact) mass is 367 g/mol. The van der Waals surface area contributed by atoms with E-state index in [1.807, 2.05) is 0 Å². The molecule has 2 aliphatic carbocycles. The van der Waals surface area contributed by atoms with E-state index in [2.05, 4.69) is 49.9 Å². The maximum atomic E-state index is 12.8. The third-order valence-electron chi connectivity index (χ3n) is 7.27. The van der Waals surface area contributed by atoms with E-state index in [0.717, 1.165) is 58.0 Å². The second-order valence-corrected chi connectivity index (χ2v) is 10.3. The van der Waals surface area contributed by atoms with Crippen LogP contribution in [-0.4, -0.2) is 29.7 Å². The predicted molar refractivity (Wildman–Crippen MR) is 108 cm³/mol. The minimum atomic E-state index is 0.179. The minimum Gasteiger partial charge on any atom is -0.342 e. The van der Waals surface area contributed by atoms with Crippen LogP contribution in [0.2, 0.25) is 0 Å². The zero-order chi connectivity index (χ0) is 19.2. The van der Waals surface area contributed by atoms with E-state index in [4.69, 9.17) is 0 Å². The summed E-state index contributed by atoms with van der Waals surface area (Å²) in [7, 11) is 0. The Hall–Kier alpha value is -1.64. The molecule has 27 heavy (non-hydrogen) atoms. The molecule has 0 N–H and O–H groups in total. The molecule has 2 saturated carbocycles. The van der Waals surface area contributed by atoms with Crippen molar-refractivity contribution in [3.8, 4) is 0 Å². The van der Waals surface area contributed by atoms with Crippen molar-refractivity contribution in [2.24, 2.45) is 11.3 Å². The first-order valence-corrected chi connectivity index (χ1v) is 10.7. The van der Waals surface area contributed by atoms with Gasteiger partial charge < -0.3 is 4.90 Å². The summed E-state index contributed by atoms with van der Waals surface area (Å²) in [6.07, 6.45) is 6.51. The Bertz CT molecular complexity index is 714. The Morgan fingerprint density at radius 2 is 1.70 bits per heavy atom. The van der Waals surface area contributed by atoms with Gasteiger partial charge in [-0.3, -0.25) is 9.59 Å². The van der Waals surface area contributed by atoms with Gasteiger partial charge in [0.15, 0.2) is 0 Å². The van der Waals surface area contributed by atoms with Crippen molar-refractivity contribution in [1.82, 2.24) is 4.90 Å². The van der Waals surface area contributed by atoms with E-state index >= 15 is 0 Å². The lowest BCUT2D eigenvalue weighted by Crippen LogP contribution is -2.48. The standard InChI is InChI=1S/C24H33NO2/c1-23(2,3)20-6-4-17(5-7-20)18-9-12-25(13-10-18)22(27)19-14-24(15-19)11-8-21(26)16-24/h4-7,18-19H,8-16H2,1-3H3. The van der Waals surface area contributed by atoms with Gasteiger partial charge >= 0.3 is 0 Å². The molecule has 1 heterocycles. The third kappa shape index (κ3) is 3.70. The SMILES string of the molecule is CC(C)(C)c1ccc(C2CCN(C(=O)C3CC4(CCC(=O)C4)C3)CC2)cc1. The molecule has 1 amide bonds. The number of amides is 1. The van der Waals surface area contributed by atoms with Crippen LogP contribution in [0, 0.1) is 11.3 Å². The molecule has 0 unspecified atom stereocenters. The number of carbonyl (C=O) groups excluding carboxylic acids is 2. The molecule has 4 rings (SSSR count). The molecular formula is C24H33NO2. The Balaban J connectivity index is 1.29. The summed E-state index contributed by atoms with van der Waals surface area (Å²) < 4.78 is 0. The number of hydrogen-bond acceptors (Lipinski definition) is 2. The molecule has 0 radical (unpaired) electrons. The lowest BCUT2D eigenvalue weighted by Gasteiger charge is -2.46. The molecule has 1 saturated heterocycles. The largest absolute Gasteiger partial charge is 0.342 e. The number of Topliss-reactive ketones (excluding diaryl/α,β-unsaturated/α-hetero) is 1. The summed E-state index contributed by atoms with van der Waals surface area (Å²) in [5.74, 6) is 1.50. The molecule has 0 bridgehead atoms. The van der Waals surface area contributed by atoms with Crippen LogP contribution in [0.25, 0.3) is 0 Å². The molecule has 1 aliphatic heterocycles. The highest BCUT2D eigenvalue weighted by atomic mass is 16.2. The zero-order valence-corrected chi connectivity index (χ0v) is 17.1. The van der Waals surface area contributed by atoms with Gasteiger partial charge in [0.05, 0.1) is 0 Å². The van der Waals surface area contributed by atoms with Crippen molar-refractivity contribution in [2.45, 2.75) is 77.0 Å². The van der Waals surface area contributed by atoms with Gasteiger partial charge in [-0.05, 0) is 60.0 Å². The van der Waals surface area contributed by atoms with Crippen LogP contribution in [0.5, 0.6) is 0 Å². The number of likely N-dealkylation sites (tertiary alicyclic amines) is 1. The molecule has 3 aliphatic rings. The summed E-state index contributed by atoms with van der Waals surface area (Å²) in [5.41, 5.74) is 3.19. The maximum Gasteiger partial charge on any atom is 0.225 e. The van der Waals surface area contributed by atoms with Crippen molar-refractivity contribution in [1.29, 1.82) is 0 Å². The summed E-state index contributed by atoms with van der Waals surface area (Å²) in [6, 6.07) is 9.11. The first-order chi connectivity index (χ1) is 12.8. The summed E-state index contributed by atoms with van der Waals surface area (Å²) in [4.78, 5) is 26.5. The number of rotatable bonds is 2. The van der Waals surface area contributed by atoms with Crippen LogP contribution >= 0.6 is 0 Å². The Labute approximate surface area is 163 Å². The van der Waals surface area contributed by atoms with Gasteiger partial charge in [0, 0.05) is 31.8 Å². The fraction of sp³-hybridized carbons (Fsp3) is 0.667. The Morgan fingerprint density at radius 3 is 2.22 bits per heavy atom. The normalized spacial score (nSPS) is 29.2. The molecule has 3 heteroatoms. The average molecular weight is 368 g/mol. The van der Waals surface area contributed by atoms with Gasteiger partial charge in [-0.15, -0.1) is 0 Å². The summed E-state index contributed by atoms with van der Waals surface area (Å²) in [5, 5.41) is 0. The third-order valence-corrected chi connectivity index (χ3v) is 7.27. The smallest absolute Gasteiger partial charge is 0.225 e. The molecule has 3 nitrogen and oxygen atoms in total. The van der Waals surface area contributed by atoms with E-state index < -0.39 is 0 Å². The summed E-state index contributed by atoms with van der Waals surface area (Å²) in [6.45, 7) is 8.51. The lowest BCUT2D eigenvalue weighted by atomic mass is 9.60. The number of carbonyl (C=O) groups is 2. The number of piperidine rings is 1. The van der Waals surface area contributed by atoms with Crippen LogP contribution in [0.15, 0.2) is 24.3 Å². The van der Waals surface area contributed by atoms with E-state index in [1.165, 1.54) is 11.1 Å². The van der Waals surface area contributed by atoms with Crippen LogP contribution in [0.4, 0.5) is 0 Å². The van der Waals surface area contributed by atoms with Crippen molar-refractivity contribution in [3.05, 3.63) is 35.4 Å². The van der Waals surface area contributed by atoms with Crippen LogP contribution in [0.1, 0.15) is 82.8 Å². The second-order valence-electron chi connectivity index (χ2n) is 10.3. The zero-order valence-electron chi connectivity index (χ0n) is 17.1. The summed E-state index contributed by atoms with van der Waals surface area (Å²) >= 11 is 0. The van der Waals surface area contributed by atoms with Crippen molar-refractivity contribution >= 4 is 11.7 Å². The average Bonchev–Trinajstić information content (AvgIpc) is 3.02. The van der Waals surface area contributed by atoms with Crippen LogP contribution in [-0.2, 0) is 15.0 Å². The molecule has 3 fully saturated rings. The van der Waals surface area contributed by atoms with Gasteiger partial charge in [-0.2, -0.15) is 0 Å². The highest BCUT2D eigenvalue weighted by Gasteiger charge is 2.51. The van der Waals surface area contributed by atoms with Crippen LogP contribution < -0.4 is 0 Å². The van der Waals surface area contributed by atoms with Gasteiger partial charge in [-0.25, -0.2) is 0 Å². The van der Waals surface area contributed by atoms with Gasteiger partial charge in [0.25, 0.3) is 0 Å². The van der Waals surface area contributed by atoms with Gasteiger partial charge in [-0.1, -0.05) is 45.0 Å². The highest BCUT2D eigenvalue weighted by Crippen LogP contribution is 2.55. The maximum absolute atomic E-state index is 12.8. The first kappa shape index (κ1) is 18.7. The van der Waals surface area contributed by atoms with E-state index in [1.54, 1.807) is 0 Å². The molecule has 1 spiro atoms. The second kappa shape index (κ2) is 6.76. The molecule has 146 valence electrons. The minimum absolute atomic E-state index is 0.179. The van der Waals surface area contributed by atoms with Gasteiger partial charge in [0.2, 0.25) is 5.91 Å². The number of benzene rings is 1. The molecular weight excluding hydrogens is 334 g/mol. The Kier molecular flexibility index (Phi) is 4.68. The molecule has 1 aromatic carbocycles. The number of hydrogen-bond donors (Lipinski definition) is 0. The molecule has 0 atom stereocenters. The van der Waals surface area contributed by atoms with Crippen LogP contribution in [0.3, 0.4) is 0 Å². The van der Waals surface area contributed by atoms with Crippen molar-refractivity contribution in [3.63, 3.8) is 0 Å². The van der Waals surface area contributed by atoms with Gasteiger partial charge in [0.1, 0.15) is 5.78 Å². The lowest BCUT2D eigenvalue weighted by molar-refractivity contribution is -0.145. The fourth-order valence-corrected chi connectivity index (χ4v) is 5.45. The number of ketones is 1. The number of nitrogens with zero attached hydrogens (tertiary/aromatic N) is 1. The van der Waals surface area contributed by atoms with Crippen molar-refractivity contribution in [2.75, 3.05) is 13.1 Å². The van der Waals surface area contributed by atoms with E-state index in [9.17, 15) is 9.59 Å². The Morgan fingerprint density at radius 1 is 1.07 bits per heavy atom. The van der Waals surface area contributed by atoms with E-state index in [-0.39, 0.29) is 16.7 Å². The van der Waals surface area contributed by atoms with E-state index in [0.29, 0.717) is 17.6 Å². The quantitative estimate of drug-likeness (QED) is 0.750.